The summed E-state index contributed by atoms with van der Waals surface area (Å²) in [5.41, 5.74) is 0.814. The van der Waals surface area contributed by atoms with Gasteiger partial charge in [0.1, 0.15) is 0 Å². The van der Waals surface area contributed by atoms with Crippen molar-refractivity contribution in [3.05, 3.63) is 42.5 Å². The minimum absolute atomic E-state index is 0.0984. The Morgan fingerprint density at radius 2 is 1.81 bits per heavy atom. The second-order valence-electron chi connectivity index (χ2n) is 5.90. The van der Waals surface area contributed by atoms with Gasteiger partial charge in [-0.05, 0) is 31.0 Å². The smallest absolute Gasteiger partial charge is 0.306 e. The number of rotatable bonds is 11. The average molecular weight is 397 g/mol. The fourth-order valence-electron chi connectivity index (χ4n) is 2.41. The molecule has 1 rings (SSSR count). The second-order valence-corrected chi connectivity index (χ2v) is 7.84. The van der Waals surface area contributed by atoms with Crippen LogP contribution in [0.4, 0.5) is 0 Å². The molecule has 1 unspecified atom stereocenters. The lowest BCUT2D eigenvalue weighted by Crippen LogP contribution is -2.35. The van der Waals surface area contributed by atoms with E-state index in [0.29, 0.717) is 26.1 Å². The Bertz CT molecular complexity index is 740. The fourth-order valence-corrected chi connectivity index (χ4v) is 3.87. The van der Waals surface area contributed by atoms with Gasteiger partial charge >= 0.3 is 5.97 Å². The van der Waals surface area contributed by atoms with Gasteiger partial charge in [-0.3, -0.25) is 9.59 Å². The van der Waals surface area contributed by atoms with Gasteiger partial charge < -0.3 is 10.1 Å². The highest BCUT2D eigenvalue weighted by Crippen LogP contribution is 2.17. The zero-order valence-corrected chi connectivity index (χ0v) is 16.9. The number of carbonyl (C=O) groups is 2. The van der Waals surface area contributed by atoms with Gasteiger partial charge in [0.05, 0.1) is 4.90 Å². The third-order valence-electron chi connectivity index (χ3n) is 3.98. The molecule has 0 radical (unpaired) electrons. The predicted molar refractivity (Wildman–Crippen MR) is 104 cm³/mol. The molecule has 0 spiro atoms. The molecule has 1 aromatic carbocycles. The number of sulfonamides is 1. The molecule has 1 aromatic rings. The number of carbonyl (C=O) groups excluding carboxylic acids is 2. The van der Waals surface area contributed by atoms with Crippen molar-refractivity contribution in [2.75, 3.05) is 19.6 Å². The van der Waals surface area contributed by atoms with E-state index >= 15 is 0 Å². The molecule has 1 amide bonds. The number of aryl methyl sites for hydroxylation is 1. The van der Waals surface area contributed by atoms with E-state index < -0.39 is 22.1 Å². The Balaban J connectivity index is 2.60. The Kier molecular flexibility index (Phi) is 9.17. The minimum Gasteiger partial charge on any atom is -0.453 e. The summed E-state index contributed by atoms with van der Waals surface area (Å²) < 4.78 is 31.3. The Labute approximate surface area is 161 Å². The maximum absolute atomic E-state index is 12.4. The van der Waals surface area contributed by atoms with Crippen LogP contribution in [0.3, 0.4) is 0 Å². The van der Waals surface area contributed by atoms with Crippen LogP contribution in [0.1, 0.15) is 32.8 Å². The van der Waals surface area contributed by atoms with E-state index in [4.69, 9.17) is 4.74 Å². The maximum Gasteiger partial charge on any atom is 0.306 e. The molecule has 1 N–H and O–H groups in total. The maximum atomic E-state index is 12.4. The van der Waals surface area contributed by atoms with Gasteiger partial charge in [-0.2, -0.15) is 4.31 Å². The summed E-state index contributed by atoms with van der Waals surface area (Å²) in [7, 11) is -3.49. The highest BCUT2D eigenvalue weighted by Gasteiger charge is 2.21. The van der Waals surface area contributed by atoms with Crippen LogP contribution in [0.25, 0.3) is 0 Å². The summed E-state index contributed by atoms with van der Waals surface area (Å²) in [6.45, 7) is 9.70. The third kappa shape index (κ3) is 6.80. The monoisotopic (exact) mass is 396 g/mol. The van der Waals surface area contributed by atoms with E-state index in [1.165, 1.54) is 17.3 Å². The second kappa shape index (κ2) is 10.8. The van der Waals surface area contributed by atoms with E-state index in [1.807, 2.05) is 0 Å². The van der Waals surface area contributed by atoms with Crippen LogP contribution in [-0.2, 0) is 30.8 Å². The molecule has 0 aliphatic heterocycles. The van der Waals surface area contributed by atoms with E-state index in [2.05, 4.69) is 11.9 Å². The predicted octanol–water partition coefficient (Wildman–Crippen LogP) is 1.88. The Morgan fingerprint density at radius 1 is 1.22 bits per heavy atom. The van der Waals surface area contributed by atoms with Crippen LogP contribution in [0.15, 0.2) is 41.8 Å². The third-order valence-corrected chi connectivity index (χ3v) is 6.05. The molecule has 1 atom stereocenters. The molecule has 0 heterocycles. The standard InChI is InChI=1S/C19H28N2O5S/c1-5-14-20-19(23)15(4)26-18(22)13-10-16-8-11-17(12-9-16)27(24,25)21(6-2)7-3/h5,8-9,11-12,15H,1,6-7,10,13-14H2,2-4H3,(H,20,23). The number of amides is 1. The van der Waals surface area contributed by atoms with Gasteiger partial charge in [0.2, 0.25) is 10.0 Å². The van der Waals surface area contributed by atoms with Crippen LogP contribution in [-0.4, -0.2) is 50.3 Å². The highest BCUT2D eigenvalue weighted by atomic mass is 32.2. The first-order valence-electron chi connectivity index (χ1n) is 8.93. The Hall–Kier alpha value is -2.19. The van der Waals surface area contributed by atoms with Crippen molar-refractivity contribution in [2.24, 2.45) is 0 Å². The number of hydrogen-bond acceptors (Lipinski definition) is 5. The Morgan fingerprint density at radius 3 is 2.33 bits per heavy atom. The van der Waals surface area contributed by atoms with Gasteiger partial charge in [0, 0.05) is 26.1 Å². The normalized spacial score (nSPS) is 12.4. The zero-order valence-electron chi connectivity index (χ0n) is 16.1. The molecule has 8 heteroatoms. The fraction of sp³-hybridized carbons (Fsp3) is 0.474. The number of ether oxygens (including phenoxy) is 1. The molecule has 0 saturated heterocycles. The summed E-state index contributed by atoms with van der Waals surface area (Å²) in [5.74, 6) is -0.870. The summed E-state index contributed by atoms with van der Waals surface area (Å²) in [6, 6.07) is 6.45. The number of nitrogens with one attached hydrogen (secondary N) is 1. The van der Waals surface area contributed by atoms with Crippen molar-refractivity contribution >= 4 is 21.9 Å². The quantitative estimate of drug-likeness (QED) is 0.455. The lowest BCUT2D eigenvalue weighted by atomic mass is 10.1. The summed E-state index contributed by atoms with van der Waals surface area (Å²) >= 11 is 0. The SMILES string of the molecule is C=CCNC(=O)C(C)OC(=O)CCc1ccc(S(=O)(=O)N(CC)CC)cc1. The van der Waals surface area contributed by atoms with Gasteiger partial charge in [0.15, 0.2) is 6.10 Å². The zero-order chi connectivity index (χ0) is 20.4. The van der Waals surface area contributed by atoms with E-state index in [9.17, 15) is 18.0 Å². The first-order chi connectivity index (χ1) is 12.8. The van der Waals surface area contributed by atoms with Gasteiger partial charge in [0.25, 0.3) is 5.91 Å². The van der Waals surface area contributed by atoms with Gasteiger partial charge in [-0.1, -0.05) is 32.1 Å². The largest absolute Gasteiger partial charge is 0.453 e. The summed E-state index contributed by atoms with van der Waals surface area (Å²) in [6.07, 6.45) is 1.16. The molecular weight excluding hydrogens is 368 g/mol. The number of benzene rings is 1. The average Bonchev–Trinajstić information content (AvgIpc) is 2.65. The molecular formula is C19H28N2O5S. The first-order valence-corrected chi connectivity index (χ1v) is 10.4. The van der Waals surface area contributed by atoms with Crippen LogP contribution in [0.5, 0.6) is 0 Å². The number of nitrogens with zero attached hydrogens (tertiary/aromatic N) is 1. The number of hydrogen-bond donors (Lipinski definition) is 1. The van der Waals surface area contributed by atoms with Crippen LogP contribution in [0.2, 0.25) is 0 Å². The van der Waals surface area contributed by atoms with E-state index in [1.54, 1.807) is 38.1 Å². The van der Waals surface area contributed by atoms with Crippen molar-refractivity contribution in [2.45, 2.75) is 44.6 Å². The lowest BCUT2D eigenvalue weighted by Gasteiger charge is -2.18. The molecule has 0 aliphatic rings. The molecule has 7 nitrogen and oxygen atoms in total. The molecule has 0 aliphatic carbocycles. The minimum atomic E-state index is -3.49. The molecule has 150 valence electrons. The highest BCUT2D eigenvalue weighted by molar-refractivity contribution is 7.89. The first kappa shape index (κ1) is 22.9. The van der Waals surface area contributed by atoms with Crippen LogP contribution >= 0.6 is 0 Å². The van der Waals surface area contributed by atoms with Crippen molar-refractivity contribution in [3.63, 3.8) is 0 Å². The van der Waals surface area contributed by atoms with E-state index in [0.717, 1.165) is 5.56 Å². The molecule has 0 fully saturated rings. The summed E-state index contributed by atoms with van der Waals surface area (Å²) in [4.78, 5) is 23.8. The van der Waals surface area contributed by atoms with Crippen molar-refractivity contribution < 1.29 is 22.7 Å². The van der Waals surface area contributed by atoms with Crippen molar-refractivity contribution in [3.8, 4) is 0 Å². The molecule has 0 saturated carbocycles. The topological polar surface area (TPSA) is 92.8 Å². The molecule has 0 bridgehead atoms. The van der Waals surface area contributed by atoms with Gasteiger partial charge in [-0.15, -0.1) is 6.58 Å². The molecule has 27 heavy (non-hydrogen) atoms. The molecule has 0 aromatic heterocycles. The summed E-state index contributed by atoms with van der Waals surface area (Å²) in [5, 5.41) is 2.56. The number of esters is 1. The van der Waals surface area contributed by atoms with Crippen molar-refractivity contribution in [1.82, 2.24) is 9.62 Å². The van der Waals surface area contributed by atoms with Crippen LogP contribution in [0, 0.1) is 0 Å². The van der Waals surface area contributed by atoms with Crippen molar-refractivity contribution in [1.29, 1.82) is 0 Å². The lowest BCUT2D eigenvalue weighted by molar-refractivity contribution is -0.154. The van der Waals surface area contributed by atoms with Crippen LogP contribution < -0.4 is 5.32 Å². The van der Waals surface area contributed by atoms with E-state index in [-0.39, 0.29) is 17.2 Å². The van der Waals surface area contributed by atoms with Gasteiger partial charge in [-0.25, -0.2) is 8.42 Å².